The van der Waals surface area contributed by atoms with Crippen LogP contribution in [0.15, 0.2) is 53.4 Å². The van der Waals surface area contributed by atoms with Gasteiger partial charge >= 0.3 is 0 Å². The molecule has 0 bridgehead atoms. The maximum absolute atomic E-state index is 5.87. The van der Waals surface area contributed by atoms with Crippen molar-refractivity contribution in [1.29, 1.82) is 0 Å². The van der Waals surface area contributed by atoms with Gasteiger partial charge in [-0.3, -0.25) is 0 Å². The Hall–Kier alpha value is -1.61. The average molecular weight is 270 g/mol. The first kappa shape index (κ1) is 12.4. The van der Waals surface area contributed by atoms with Crippen molar-refractivity contribution in [3.63, 3.8) is 0 Å². The van der Waals surface area contributed by atoms with E-state index >= 15 is 0 Å². The molecule has 0 aliphatic carbocycles. The number of fused-ring (bicyclic) bond motifs is 1. The van der Waals surface area contributed by atoms with E-state index in [0.717, 1.165) is 18.0 Å². The van der Waals surface area contributed by atoms with Gasteiger partial charge < -0.3 is 10.6 Å². The van der Waals surface area contributed by atoms with Crippen molar-refractivity contribution in [2.24, 2.45) is 0 Å². The number of para-hydroxylation sites is 1. The lowest BCUT2D eigenvalue weighted by atomic mass is 10.1. The summed E-state index contributed by atoms with van der Waals surface area (Å²) in [5, 5.41) is 0. The summed E-state index contributed by atoms with van der Waals surface area (Å²) >= 11 is 1.95. The highest BCUT2D eigenvalue weighted by atomic mass is 32.2. The Morgan fingerprint density at radius 1 is 1.21 bits per heavy atom. The highest BCUT2D eigenvalue weighted by Crippen LogP contribution is 2.37. The van der Waals surface area contributed by atoms with Crippen molar-refractivity contribution in [3.05, 3.63) is 54.1 Å². The third-order valence-corrected chi connectivity index (χ3v) is 4.80. The van der Waals surface area contributed by atoms with Crippen LogP contribution in [0.3, 0.4) is 0 Å². The van der Waals surface area contributed by atoms with Crippen LogP contribution in [0.1, 0.15) is 12.5 Å². The summed E-state index contributed by atoms with van der Waals surface area (Å²) in [7, 11) is 0. The summed E-state index contributed by atoms with van der Waals surface area (Å²) in [5.74, 6) is 1.14. The lowest BCUT2D eigenvalue weighted by Crippen LogP contribution is -2.37. The molecule has 0 spiro atoms. The topological polar surface area (TPSA) is 29.3 Å². The average Bonchev–Trinajstić information content (AvgIpc) is 2.42. The van der Waals surface area contributed by atoms with E-state index in [1.165, 1.54) is 16.1 Å². The van der Waals surface area contributed by atoms with Gasteiger partial charge in [0.05, 0.1) is 5.69 Å². The van der Waals surface area contributed by atoms with E-state index < -0.39 is 0 Å². The molecule has 0 radical (unpaired) electrons. The van der Waals surface area contributed by atoms with Crippen molar-refractivity contribution in [2.45, 2.75) is 24.4 Å². The largest absolute Gasteiger partial charge is 0.399 e. The van der Waals surface area contributed by atoms with Crippen molar-refractivity contribution < 1.29 is 0 Å². The monoisotopic (exact) mass is 270 g/mol. The van der Waals surface area contributed by atoms with Crippen molar-refractivity contribution >= 4 is 23.1 Å². The summed E-state index contributed by atoms with van der Waals surface area (Å²) in [5.41, 5.74) is 9.32. The van der Waals surface area contributed by atoms with Gasteiger partial charge in [-0.15, -0.1) is 11.8 Å². The smallest absolute Gasteiger partial charge is 0.0510 e. The maximum atomic E-state index is 5.87. The van der Waals surface area contributed by atoms with Crippen molar-refractivity contribution in [2.75, 3.05) is 16.4 Å². The molecule has 0 amide bonds. The predicted octanol–water partition coefficient (Wildman–Crippen LogP) is 3.77. The Kier molecular flexibility index (Phi) is 3.38. The lowest BCUT2D eigenvalue weighted by Gasteiger charge is -2.36. The number of rotatable bonds is 2. The van der Waals surface area contributed by atoms with E-state index in [4.69, 9.17) is 5.73 Å². The number of thioether (sulfide) groups is 1. The second-order valence-corrected chi connectivity index (χ2v) is 6.06. The van der Waals surface area contributed by atoms with Gasteiger partial charge in [0.2, 0.25) is 0 Å². The molecule has 2 N–H and O–H groups in total. The molecule has 1 heterocycles. The number of benzene rings is 2. The molecule has 0 aromatic heterocycles. The molecule has 0 saturated heterocycles. The van der Waals surface area contributed by atoms with Gasteiger partial charge in [-0.25, -0.2) is 0 Å². The van der Waals surface area contributed by atoms with Crippen molar-refractivity contribution in [3.8, 4) is 0 Å². The molecule has 1 aliphatic rings. The molecule has 3 rings (SSSR count). The van der Waals surface area contributed by atoms with Gasteiger partial charge in [0.1, 0.15) is 0 Å². The van der Waals surface area contributed by atoms with Gasteiger partial charge in [0, 0.05) is 28.9 Å². The standard InChI is InChI=1S/C16H18N2S/c1-12-11-19-16-8-3-2-7-15(16)18(12)10-13-5-4-6-14(17)9-13/h2-9,12H,10-11,17H2,1H3. The van der Waals surface area contributed by atoms with E-state index in [2.05, 4.69) is 48.2 Å². The molecule has 1 atom stereocenters. The first-order valence-corrected chi connectivity index (χ1v) is 7.55. The van der Waals surface area contributed by atoms with E-state index in [-0.39, 0.29) is 0 Å². The first-order chi connectivity index (χ1) is 9.24. The van der Waals surface area contributed by atoms with E-state index in [1.807, 2.05) is 23.9 Å². The summed E-state index contributed by atoms with van der Waals surface area (Å²) in [6.07, 6.45) is 0. The minimum Gasteiger partial charge on any atom is -0.399 e. The number of nitrogen functional groups attached to an aromatic ring is 1. The minimum absolute atomic E-state index is 0.543. The van der Waals surface area contributed by atoms with E-state index in [1.54, 1.807) is 0 Å². The van der Waals surface area contributed by atoms with E-state index in [9.17, 15) is 0 Å². The first-order valence-electron chi connectivity index (χ1n) is 6.57. The Morgan fingerprint density at radius 3 is 2.89 bits per heavy atom. The van der Waals surface area contributed by atoms with Crippen molar-refractivity contribution in [1.82, 2.24) is 0 Å². The molecular weight excluding hydrogens is 252 g/mol. The fourth-order valence-electron chi connectivity index (χ4n) is 2.48. The number of nitrogens with two attached hydrogens (primary N) is 1. The van der Waals surface area contributed by atoms with Crippen LogP contribution >= 0.6 is 11.8 Å². The predicted molar refractivity (Wildman–Crippen MR) is 83.7 cm³/mol. The summed E-state index contributed by atoms with van der Waals surface area (Å²) in [6, 6.07) is 17.4. The van der Waals surface area contributed by atoms with Gasteiger partial charge in [-0.2, -0.15) is 0 Å². The zero-order valence-electron chi connectivity index (χ0n) is 11.0. The fourth-order valence-corrected chi connectivity index (χ4v) is 3.59. The minimum atomic E-state index is 0.543. The SMILES string of the molecule is CC1CSc2ccccc2N1Cc1cccc(N)c1. The molecule has 2 aromatic rings. The summed E-state index contributed by atoms with van der Waals surface area (Å²) in [4.78, 5) is 3.85. The summed E-state index contributed by atoms with van der Waals surface area (Å²) < 4.78 is 0. The van der Waals surface area contributed by atoms with Crippen LogP contribution in [0, 0.1) is 0 Å². The van der Waals surface area contributed by atoms with Crippen LogP contribution in [-0.4, -0.2) is 11.8 Å². The normalized spacial score (nSPS) is 18.2. The van der Waals surface area contributed by atoms with E-state index in [0.29, 0.717) is 6.04 Å². The Bertz CT molecular complexity index is 582. The second kappa shape index (κ2) is 5.17. The maximum Gasteiger partial charge on any atom is 0.0510 e. The molecule has 1 unspecified atom stereocenters. The molecule has 3 heteroatoms. The van der Waals surface area contributed by atoms with Gasteiger partial charge in [-0.1, -0.05) is 24.3 Å². The van der Waals surface area contributed by atoms with Gasteiger partial charge in [0.15, 0.2) is 0 Å². The Labute approximate surface area is 118 Å². The second-order valence-electron chi connectivity index (χ2n) is 5.00. The molecular formula is C16H18N2S. The highest BCUT2D eigenvalue weighted by Gasteiger charge is 2.23. The van der Waals surface area contributed by atoms with Gasteiger partial charge in [0.25, 0.3) is 0 Å². The van der Waals surface area contributed by atoms with Crippen LogP contribution in [0.5, 0.6) is 0 Å². The van der Waals surface area contributed by atoms with Crippen LogP contribution in [0.2, 0.25) is 0 Å². The van der Waals surface area contributed by atoms with Crippen LogP contribution in [0.25, 0.3) is 0 Å². The number of anilines is 2. The number of hydrogen-bond acceptors (Lipinski definition) is 3. The summed E-state index contributed by atoms with van der Waals surface area (Å²) in [6.45, 7) is 3.21. The Balaban J connectivity index is 1.91. The molecule has 2 aromatic carbocycles. The molecule has 0 saturated carbocycles. The fraction of sp³-hybridized carbons (Fsp3) is 0.250. The van der Waals surface area contributed by atoms with Crippen LogP contribution in [0.4, 0.5) is 11.4 Å². The molecule has 1 aliphatic heterocycles. The third-order valence-electron chi connectivity index (χ3n) is 3.49. The zero-order chi connectivity index (χ0) is 13.2. The van der Waals surface area contributed by atoms with Crippen LogP contribution < -0.4 is 10.6 Å². The molecule has 98 valence electrons. The third kappa shape index (κ3) is 2.56. The van der Waals surface area contributed by atoms with Gasteiger partial charge in [-0.05, 0) is 36.8 Å². The quantitative estimate of drug-likeness (QED) is 0.842. The molecule has 0 fully saturated rings. The molecule has 19 heavy (non-hydrogen) atoms. The number of hydrogen-bond donors (Lipinski definition) is 1. The van der Waals surface area contributed by atoms with Crippen LogP contribution in [-0.2, 0) is 6.54 Å². The number of nitrogens with zero attached hydrogens (tertiary/aromatic N) is 1. The highest BCUT2D eigenvalue weighted by molar-refractivity contribution is 7.99. The zero-order valence-corrected chi connectivity index (χ0v) is 11.9. The molecule has 2 nitrogen and oxygen atoms in total. The lowest BCUT2D eigenvalue weighted by molar-refractivity contribution is 0.676. The Morgan fingerprint density at radius 2 is 2.05 bits per heavy atom.